The number of hydrogen-bond acceptors (Lipinski definition) is 5. The van der Waals surface area contributed by atoms with Crippen molar-refractivity contribution in [1.29, 1.82) is 0 Å². The van der Waals surface area contributed by atoms with Crippen LogP contribution in [0.5, 0.6) is 0 Å². The Hall–Kier alpha value is -1.85. The molecule has 0 amide bonds. The Bertz CT molecular complexity index is 556. The fourth-order valence-corrected chi connectivity index (χ4v) is 2.55. The Kier molecular flexibility index (Phi) is 5.21. The second-order valence-electron chi connectivity index (χ2n) is 6.23. The number of guanidine groups is 1. The number of para-hydroxylation sites is 1. The van der Waals surface area contributed by atoms with Gasteiger partial charge in [-0.1, -0.05) is 18.2 Å². The normalized spacial score (nSPS) is 20.7. The number of anilines is 1. The molecule has 0 saturated heterocycles. The molecule has 1 aromatic carbocycles. The van der Waals surface area contributed by atoms with E-state index in [1.807, 2.05) is 12.3 Å². The molecule has 5 nitrogen and oxygen atoms in total. The lowest BCUT2D eigenvalue weighted by Crippen LogP contribution is -2.44. The molecule has 1 aliphatic rings. The largest absolute Gasteiger partial charge is 0.333 e. The van der Waals surface area contributed by atoms with E-state index in [0.29, 0.717) is 5.96 Å². The summed E-state index contributed by atoms with van der Waals surface area (Å²) in [5.74, 6) is 0.701. The highest BCUT2D eigenvalue weighted by Crippen LogP contribution is 2.21. The highest BCUT2D eigenvalue weighted by molar-refractivity contribution is 5.96. The van der Waals surface area contributed by atoms with Crippen LogP contribution in [0, 0.1) is 13.8 Å². The van der Waals surface area contributed by atoms with Crippen molar-refractivity contribution in [2.24, 2.45) is 10.7 Å². The van der Waals surface area contributed by atoms with Crippen LogP contribution in [0.25, 0.3) is 0 Å². The van der Waals surface area contributed by atoms with Gasteiger partial charge in [-0.05, 0) is 64.5 Å². The fourth-order valence-electron chi connectivity index (χ4n) is 2.55. The predicted octanol–water partition coefficient (Wildman–Crippen LogP) is 2.19. The first-order valence-electron chi connectivity index (χ1n) is 7.70. The van der Waals surface area contributed by atoms with Crippen LogP contribution in [0.1, 0.15) is 24.0 Å². The maximum Gasteiger partial charge on any atom is 0.202 e. The SMILES string of the molecule is Cc1cccc(C)c1NC1=NC(N)(CCCN(C)C)C=CN1. The van der Waals surface area contributed by atoms with Crippen molar-refractivity contribution in [3.05, 3.63) is 41.6 Å². The summed E-state index contributed by atoms with van der Waals surface area (Å²) in [5, 5.41) is 6.51. The van der Waals surface area contributed by atoms with Gasteiger partial charge in [0.25, 0.3) is 0 Å². The quantitative estimate of drug-likeness (QED) is 0.780. The molecule has 0 bridgehead atoms. The first kappa shape index (κ1) is 16.5. The summed E-state index contributed by atoms with van der Waals surface area (Å²) in [6, 6.07) is 6.23. The van der Waals surface area contributed by atoms with E-state index in [1.54, 1.807) is 0 Å². The molecule has 2 rings (SSSR count). The van der Waals surface area contributed by atoms with Crippen molar-refractivity contribution in [1.82, 2.24) is 10.2 Å². The van der Waals surface area contributed by atoms with E-state index in [0.717, 1.165) is 25.1 Å². The van der Waals surface area contributed by atoms with Crippen LogP contribution in [-0.4, -0.2) is 37.2 Å². The summed E-state index contributed by atoms with van der Waals surface area (Å²) in [7, 11) is 4.14. The molecule has 120 valence electrons. The Labute approximate surface area is 133 Å². The summed E-state index contributed by atoms with van der Waals surface area (Å²) in [4.78, 5) is 6.82. The van der Waals surface area contributed by atoms with E-state index in [2.05, 4.69) is 66.7 Å². The van der Waals surface area contributed by atoms with Crippen LogP contribution in [-0.2, 0) is 0 Å². The van der Waals surface area contributed by atoms with Crippen LogP contribution in [0.3, 0.4) is 0 Å². The van der Waals surface area contributed by atoms with Gasteiger partial charge in [0.2, 0.25) is 5.96 Å². The lowest BCUT2D eigenvalue weighted by molar-refractivity contribution is 0.367. The van der Waals surface area contributed by atoms with E-state index >= 15 is 0 Å². The van der Waals surface area contributed by atoms with Crippen molar-refractivity contribution < 1.29 is 0 Å². The van der Waals surface area contributed by atoms with Crippen LogP contribution >= 0.6 is 0 Å². The molecule has 0 aromatic heterocycles. The molecule has 1 aromatic rings. The molecule has 1 aliphatic heterocycles. The monoisotopic (exact) mass is 301 g/mol. The number of nitrogens with two attached hydrogens (primary N) is 1. The third-order valence-electron chi connectivity index (χ3n) is 3.82. The van der Waals surface area contributed by atoms with Gasteiger partial charge in [0.15, 0.2) is 0 Å². The van der Waals surface area contributed by atoms with E-state index in [4.69, 9.17) is 5.73 Å². The van der Waals surface area contributed by atoms with Gasteiger partial charge < -0.3 is 21.3 Å². The fraction of sp³-hybridized carbons (Fsp3) is 0.471. The number of benzene rings is 1. The molecular weight excluding hydrogens is 274 g/mol. The smallest absolute Gasteiger partial charge is 0.202 e. The zero-order valence-electron chi connectivity index (χ0n) is 14.0. The third kappa shape index (κ3) is 4.32. The number of nitrogens with one attached hydrogen (secondary N) is 2. The zero-order chi connectivity index (χ0) is 16.2. The molecule has 5 heteroatoms. The molecule has 1 heterocycles. The second-order valence-corrected chi connectivity index (χ2v) is 6.23. The Morgan fingerprint density at radius 1 is 1.27 bits per heavy atom. The zero-order valence-corrected chi connectivity index (χ0v) is 14.0. The lowest BCUT2D eigenvalue weighted by atomic mass is 10.0. The van der Waals surface area contributed by atoms with Gasteiger partial charge in [-0.2, -0.15) is 0 Å². The Morgan fingerprint density at radius 2 is 1.95 bits per heavy atom. The van der Waals surface area contributed by atoms with E-state index in [9.17, 15) is 0 Å². The van der Waals surface area contributed by atoms with Gasteiger partial charge in [0.1, 0.15) is 5.66 Å². The first-order valence-corrected chi connectivity index (χ1v) is 7.70. The molecule has 0 radical (unpaired) electrons. The van der Waals surface area contributed by atoms with Gasteiger partial charge in [0, 0.05) is 11.9 Å². The summed E-state index contributed by atoms with van der Waals surface area (Å²) >= 11 is 0. The number of aryl methyl sites for hydroxylation is 2. The lowest BCUT2D eigenvalue weighted by Gasteiger charge is -2.27. The number of hydrogen-bond donors (Lipinski definition) is 3. The van der Waals surface area contributed by atoms with E-state index in [1.165, 1.54) is 11.1 Å². The van der Waals surface area contributed by atoms with Crippen LogP contribution in [0.4, 0.5) is 5.69 Å². The summed E-state index contributed by atoms with van der Waals surface area (Å²) in [6.07, 6.45) is 5.63. The topological polar surface area (TPSA) is 65.7 Å². The molecule has 0 spiro atoms. The number of nitrogens with zero attached hydrogens (tertiary/aromatic N) is 2. The molecular formula is C17H27N5. The van der Waals surface area contributed by atoms with Gasteiger partial charge >= 0.3 is 0 Å². The minimum atomic E-state index is -0.639. The molecule has 4 N–H and O–H groups in total. The molecule has 1 atom stereocenters. The summed E-state index contributed by atoms with van der Waals surface area (Å²) in [6.45, 7) is 5.18. The molecule has 22 heavy (non-hydrogen) atoms. The van der Waals surface area contributed by atoms with Gasteiger partial charge in [0.05, 0.1) is 0 Å². The van der Waals surface area contributed by atoms with Crippen molar-refractivity contribution >= 4 is 11.6 Å². The molecule has 0 fully saturated rings. The number of aliphatic imine (C=N–C) groups is 1. The van der Waals surface area contributed by atoms with Gasteiger partial charge in [-0.25, -0.2) is 4.99 Å². The minimum Gasteiger partial charge on any atom is -0.333 e. The maximum absolute atomic E-state index is 6.39. The predicted molar refractivity (Wildman–Crippen MR) is 94.0 cm³/mol. The van der Waals surface area contributed by atoms with Crippen molar-refractivity contribution in [3.8, 4) is 0 Å². The Balaban J connectivity index is 2.08. The summed E-state index contributed by atoms with van der Waals surface area (Å²) < 4.78 is 0. The third-order valence-corrected chi connectivity index (χ3v) is 3.82. The minimum absolute atomic E-state index is 0.639. The van der Waals surface area contributed by atoms with E-state index in [-0.39, 0.29) is 0 Å². The molecule has 1 unspecified atom stereocenters. The molecule has 0 aliphatic carbocycles. The first-order chi connectivity index (χ1) is 10.4. The van der Waals surface area contributed by atoms with Crippen LogP contribution in [0.15, 0.2) is 35.5 Å². The number of rotatable bonds is 5. The van der Waals surface area contributed by atoms with Gasteiger partial charge in [-0.3, -0.25) is 0 Å². The highest BCUT2D eigenvalue weighted by atomic mass is 15.2. The average Bonchev–Trinajstić information content (AvgIpc) is 2.42. The van der Waals surface area contributed by atoms with Crippen molar-refractivity contribution in [3.63, 3.8) is 0 Å². The van der Waals surface area contributed by atoms with E-state index < -0.39 is 5.66 Å². The summed E-state index contributed by atoms with van der Waals surface area (Å²) in [5.41, 5.74) is 9.22. The van der Waals surface area contributed by atoms with Crippen LogP contribution < -0.4 is 16.4 Å². The highest BCUT2D eigenvalue weighted by Gasteiger charge is 2.24. The van der Waals surface area contributed by atoms with Gasteiger partial charge in [-0.15, -0.1) is 0 Å². The maximum atomic E-state index is 6.39. The Morgan fingerprint density at radius 3 is 2.59 bits per heavy atom. The second kappa shape index (κ2) is 6.94. The van der Waals surface area contributed by atoms with Crippen LogP contribution in [0.2, 0.25) is 0 Å². The molecule has 0 saturated carbocycles. The van der Waals surface area contributed by atoms with Crippen molar-refractivity contribution in [2.75, 3.05) is 26.0 Å². The van der Waals surface area contributed by atoms with Crippen molar-refractivity contribution in [2.45, 2.75) is 32.4 Å². The average molecular weight is 301 g/mol. The standard InChI is InChI=1S/C17H27N5/c1-13-7-5-8-14(2)15(13)20-16-19-11-10-17(18,21-16)9-6-12-22(3)4/h5,7-8,10-11H,6,9,12,18H2,1-4H3,(H2,19,20,21).